The molecular formula is C26H35N3O4. The number of carbonyl (C=O) groups is 2. The third kappa shape index (κ3) is 8.77. The first-order valence-corrected chi connectivity index (χ1v) is 11.9. The van der Waals surface area contributed by atoms with Crippen molar-refractivity contribution in [2.75, 3.05) is 36.9 Å². The molecule has 0 aliphatic carbocycles. The predicted molar refractivity (Wildman–Crippen MR) is 131 cm³/mol. The zero-order valence-electron chi connectivity index (χ0n) is 19.4. The lowest BCUT2D eigenvalue weighted by Gasteiger charge is -2.11. The van der Waals surface area contributed by atoms with Crippen LogP contribution >= 0.6 is 0 Å². The van der Waals surface area contributed by atoms with Crippen molar-refractivity contribution in [2.24, 2.45) is 0 Å². The Kier molecular flexibility index (Phi) is 10.0. The Morgan fingerprint density at radius 2 is 1.76 bits per heavy atom. The molecule has 2 aromatic carbocycles. The van der Waals surface area contributed by atoms with E-state index in [1.54, 1.807) is 24.3 Å². The van der Waals surface area contributed by atoms with Crippen LogP contribution in [0.4, 0.5) is 11.4 Å². The minimum absolute atomic E-state index is 0.110. The maximum Gasteiger partial charge on any atom is 0.251 e. The molecule has 0 saturated carbocycles. The van der Waals surface area contributed by atoms with Gasteiger partial charge in [-0.1, -0.05) is 26.2 Å². The Labute approximate surface area is 196 Å². The van der Waals surface area contributed by atoms with Crippen LogP contribution in [0.25, 0.3) is 0 Å². The number of hydrogen-bond acceptors (Lipinski definition) is 5. The maximum atomic E-state index is 12.3. The summed E-state index contributed by atoms with van der Waals surface area (Å²) in [6, 6.07) is 14.5. The highest BCUT2D eigenvalue weighted by Gasteiger charge is 2.16. The van der Waals surface area contributed by atoms with Crippen LogP contribution in [-0.2, 0) is 9.53 Å². The molecule has 0 bridgehead atoms. The predicted octanol–water partition coefficient (Wildman–Crippen LogP) is 4.61. The largest absolute Gasteiger partial charge is 0.494 e. The van der Waals surface area contributed by atoms with Crippen LogP contribution < -0.4 is 20.7 Å². The van der Waals surface area contributed by atoms with Gasteiger partial charge < -0.3 is 25.4 Å². The Balaban J connectivity index is 1.35. The highest BCUT2D eigenvalue weighted by molar-refractivity contribution is 5.96. The molecule has 7 heteroatoms. The third-order valence-electron chi connectivity index (χ3n) is 5.52. The van der Waals surface area contributed by atoms with E-state index in [4.69, 9.17) is 9.47 Å². The van der Waals surface area contributed by atoms with Gasteiger partial charge in [0.15, 0.2) is 0 Å². The average molecular weight is 454 g/mol. The molecule has 0 radical (unpaired) electrons. The van der Waals surface area contributed by atoms with Gasteiger partial charge in [-0.25, -0.2) is 0 Å². The smallest absolute Gasteiger partial charge is 0.251 e. The number of benzene rings is 2. The van der Waals surface area contributed by atoms with Gasteiger partial charge in [-0.05, 0) is 67.8 Å². The zero-order valence-corrected chi connectivity index (χ0v) is 19.4. The summed E-state index contributed by atoms with van der Waals surface area (Å²) < 4.78 is 11.3. The molecule has 1 atom stereocenters. The van der Waals surface area contributed by atoms with E-state index in [9.17, 15) is 9.59 Å². The van der Waals surface area contributed by atoms with Crippen LogP contribution in [0, 0.1) is 0 Å². The van der Waals surface area contributed by atoms with E-state index in [-0.39, 0.29) is 24.5 Å². The Morgan fingerprint density at radius 1 is 1.00 bits per heavy atom. The summed E-state index contributed by atoms with van der Waals surface area (Å²) in [5.41, 5.74) is 2.04. The molecule has 1 aliphatic rings. The van der Waals surface area contributed by atoms with Crippen molar-refractivity contribution in [1.82, 2.24) is 5.32 Å². The summed E-state index contributed by atoms with van der Waals surface area (Å²) in [6.45, 7) is 4.35. The Bertz CT molecular complexity index is 862. The molecule has 1 heterocycles. The van der Waals surface area contributed by atoms with Crippen molar-refractivity contribution >= 4 is 23.2 Å². The van der Waals surface area contributed by atoms with Crippen molar-refractivity contribution in [2.45, 2.75) is 51.6 Å². The molecule has 7 nitrogen and oxygen atoms in total. The van der Waals surface area contributed by atoms with Gasteiger partial charge in [0.25, 0.3) is 5.91 Å². The van der Waals surface area contributed by atoms with Crippen molar-refractivity contribution < 1.29 is 19.1 Å². The van der Waals surface area contributed by atoms with Crippen LogP contribution in [0.3, 0.4) is 0 Å². The first-order valence-electron chi connectivity index (χ1n) is 11.9. The van der Waals surface area contributed by atoms with Crippen molar-refractivity contribution in [3.8, 4) is 5.75 Å². The molecule has 0 spiro atoms. The van der Waals surface area contributed by atoms with Crippen molar-refractivity contribution in [3.05, 3.63) is 54.1 Å². The van der Waals surface area contributed by atoms with E-state index in [0.717, 1.165) is 43.9 Å². The van der Waals surface area contributed by atoms with Crippen LogP contribution in [0.2, 0.25) is 0 Å². The van der Waals surface area contributed by atoms with Crippen LogP contribution in [0.15, 0.2) is 48.5 Å². The number of anilines is 2. The number of unbranched alkanes of at least 4 members (excludes halogenated alkanes) is 3. The second-order valence-corrected chi connectivity index (χ2v) is 8.26. The fourth-order valence-electron chi connectivity index (χ4n) is 3.59. The highest BCUT2D eigenvalue weighted by atomic mass is 16.5. The van der Waals surface area contributed by atoms with E-state index in [1.807, 2.05) is 24.3 Å². The number of amides is 2. The molecule has 1 unspecified atom stereocenters. The first-order chi connectivity index (χ1) is 16.1. The topological polar surface area (TPSA) is 88.7 Å². The lowest BCUT2D eigenvalue weighted by atomic mass is 10.2. The number of hydrogen-bond donors (Lipinski definition) is 3. The van der Waals surface area contributed by atoms with Crippen molar-refractivity contribution in [1.29, 1.82) is 0 Å². The molecule has 2 amide bonds. The van der Waals surface area contributed by atoms with Gasteiger partial charge in [-0.15, -0.1) is 0 Å². The summed E-state index contributed by atoms with van der Waals surface area (Å²) in [4.78, 5) is 24.5. The highest BCUT2D eigenvalue weighted by Crippen LogP contribution is 2.16. The van der Waals surface area contributed by atoms with Crippen LogP contribution in [0.1, 0.15) is 55.8 Å². The van der Waals surface area contributed by atoms with Crippen LogP contribution in [-0.4, -0.2) is 44.2 Å². The van der Waals surface area contributed by atoms with Gasteiger partial charge >= 0.3 is 0 Å². The molecule has 0 aromatic heterocycles. The summed E-state index contributed by atoms with van der Waals surface area (Å²) in [5.74, 6) is 0.529. The summed E-state index contributed by atoms with van der Waals surface area (Å²) >= 11 is 0. The summed E-state index contributed by atoms with van der Waals surface area (Å²) in [5, 5.41) is 8.83. The fourth-order valence-corrected chi connectivity index (χ4v) is 3.59. The quantitative estimate of drug-likeness (QED) is 0.386. The molecule has 33 heavy (non-hydrogen) atoms. The van der Waals surface area contributed by atoms with Gasteiger partial charge in [0.05, 0.1) is 19.3 Å². The SMILES string of the molecule is CCCCCCOc1ccc(NCC(=O)Nc2ccc(C(=O)NCC3CCCO3)cc2)cc1. The molecule has 178 valence electrons. The minimum atomic E-state index is -0.165. The second kappa shape index (κ2) is 13.5. The van der Waals surface area contributed by atoms with E-state index in [1.165, 1.54) is 19.3 Å². The molecule has 3 rings (SSSR count). The molecule has 1 aliphatic heterocycles. The third-order valence-corrected chi connectivity index (χ3v) is 5.52. The van der Waals surface area contributed by atoms with Gasteiger partial charge in [-0.3, -0.25) is 9.59 Å². The standard InChI is InChI=1S/C26H35N3O4/c1-2-3-4-5-16-32-23-14-12-21(13-15-23)27-19-25(30)29-22-10-8-20(9-11-22)26(31)28-18-24-7-6-17-33-24/h8-15,24,27H,2-7,16-19H2,1H3,(H,28,31)(H,29,30). The van der Waals surface area contributed by atoms with Gasteiger partial charge in [-0.2, -0.15) is 0 Å². The lowest BCUT2D eigenvalue weighted by molar-refractivity contribution is -0.114. The molecule has 1 saturated heterocycles. The lowest BCUT2D eigenvalue weighted by Crippen LogP contribution is -2.31. The van der Waals surface area contributed by atoms with Gasteiger partial charge in [0.2, 0.25) is 5.91 Å². The summed E-state index contributed by atoms with van der Waals surface area (Å²) in [7, 11) is 0. The Morgan fingerprint density at radius 3 is 2.45 bits per heavy atom. The number of carbonyl (C=O) groups excluding carboxylic acids is 2. The number of ether oxygens (including phenoxy) is 2. The maximum absolute atomic E-state index is 12.3. The Hall–Kier alpha value is -3.06. The molecule has 2 aromatic rings. The molecule has 1 fully saturated rings. The normalized spacial score (nSPS) is 15.1. The fraction of sp³-hybridized carbons (Fsp3) is 0.462. The van der Waals surface area contributed by atoms with Crippen LogP contribution in [0.5, 0.6) is 5.75 Å². The van der Waals surface area contributed by atoms with E-state index >= 15 is 0 Å². The second-order valence-electron chi connectivity index (χ2n) is 8.26. The first kappa shape index (κ1) is 24.6. The minimum Gasteiger partial charge on any atom is -0.494 e. The van der Waals surface area contributed by atoms with E-state index in [0.29, 0.717) is 17.8 Å². The monoisotopic (exact) mass is 453 g/mol. The summed E-state index contributed by atoms with van der Waals surface area (Å²) in [6.07, 6.45) is 6.85. The van der Waals surface area contributed by atoms with Gasteiger partial charge in [0, 0.05) is 30.1 Å². The van der Waals surface area contributed by atoms with Crippen molar-refractivity contribution in [3.63, 3.8) is 0 Å². The van der Waals surface area contributed by atoms with E-state index in [2.05, 4.69) is 22.9 Å². The number of rotatable bonds is 13. The zero-order chi connectivity index (χ0) is 23.3. The number of nitrogens with one attached hydrogen (secondary N) is 3. The van der Waals surface area contributed by atoms with Gasteiger partial charge in [0.1, 0.15) is 5.75 Å². The molecule has 3 N–H and O–H groups in total. The molecular weight excluding hydrogens is 418 g/mol. The average Bonchev–Trinajstić information content (AvgIpc) is 3.36. The van der Waals surface area contributed by atoms with E-state index < -0.39 is 0 Å².